The van der Waals surface area contributed by atoms with Crippen LogP contribution in [0.1, 0.15) is 33.6 Å². The summed E-state index contributed by atoms with van der Waals surface area (Å²) in [7, 11) is 0. The summed E-state index contributed by atoms with van der Waals surface area (Å²) in [6, 6.07) is 0. The van der Waals surface area contributed by atoms with Crippen LogP contribution in [0.5, 0.6) is 0 Å². The Morgan fingerprint density at radius 3 is 2.19 bits per heavy atom. The van der Waals surface area contributed by atoms with E-state index in [-0.39, 0.29) is 0 Å². The molecule has 0 bridgehead atoms. The second-order valence-corrected chi connectivity index (χ2v) is 4.60. The fourth-order valence-corrected chi connectivity index (χ4v) is 1.17. The molecule has 0 spiro atoms. The predicted molar refractivity (Wildman–Crippen MR) is 55.7 cm³/mol. The Kier molecular flexibility index (Phi) is 5.25. The lowest BCUT2D eigenvalue weighted by molar-refractivity contribution is -0.135. The fraction of sp³-hybridized carbons (Fsp3) is 0.900. The summed E-state index contributed by atoms with van der Waals surface area (Å²) < 4.78 is 36.1. The molecule has 0 heterocycles. The molecule has 0 saturated heterocycles. The van der Waals surface area contributed by atoms with Gasteiger partial charge in [-0.1, -0.05) is 13.8 Å². The van der Waals surface area contributed by atoms with Crippen molar-refractivity contribution in [1.29, 1.82) is 0 Å². The number of amides is 1. The van der Waals surface area contributed by atoms with E-state index in [9.17, 15) is 18.0 Å². The molecule has 1 amide bonds. The van der Waals surface area contributed by atoms with Gasteiger partial charge in [0.15, 0.2) is 0 Å². The summed E-state index contributed by atoms with van der Waals surface area (Å²) in [4.78, 5) is 11.1. The van der Waals surface area contributed by atoms with Gasteiger partial charge in [0.25, 0.3) is 0 Å². The lowest BCUT2D eigenvalue weighted by Crippen LogP contribution is -2.55. The minimum absolute atomic E-state index is 0.302. The van der Waals surface area contributed by atoms with Gasteiger partial charge in [0.2, 0.25) is 5.91 Å². The number of carbonyl (C=O) groups excluding carboxylic acids is 1. The predicted octanol–water partition coefficient (Wildman–Crippen LogP) is 1.82. The third-order valence-electron chi connectivity index (χ3n) is 2.44. The van der Waals surface area contributed by atoms with E-state index >= 15 is 0 Å². The maximum absolute atomic E-state index is 12.0. The smallest absolute Gasteiger partial charge is 0.368 e. The van der Waals surface area contributed by atoms with Crippen LogP contribution in [0.25, 0.3) is 0 Å². The van der Waals surface area contributed by atoms with Gasteiger partial charge in [-0.25, -0.2) is 0 Å². The number of rotatable bonds is 6. The molecule has 0 radical (unpaired) electrons. The summed E-state index contributed by atoms with van der Waals surface area (Å²) >= 11 is 0. The molecule has 0 rings (SSSR count). The van der Waals surface area contributed by atoms with Gasteiger partial charge in [-0.3, -0.25) is 10.1 Å². The van der Waals surface area contributed by atoms with Gasteiger partial charge in [0.1, 0.15) is 0 Å². The van der Waals surface area contributed by atoms with E-state index in [4.69, 9.17) is 5.73 Å². The molecule has 0 aromatic carbocycles. The first-order chi connectivity index (χ1) is 7.07. The van der Waals surface area contributed by atoms with Crippen LogP contribution in [0.3, 0.4) is 0 Å². The van der Waals surface area contributed by atoms with Gasteiger partial charge in [-0.15, -0.1) is 0 Å². The number of hydrogen-bond donors (Lipinski definition) is 2. The molecule has 1 atom stereocenters. The summed E-state index contributed by atoms with van der Waals surface area (Å²) in [5.41, 5.74) is 3.83. The molecule has 6 heteroatoms. The van der Waals surface area contributed by atoms with Crippen LogP contribution in [0.15, 0.2) is 0 Å². The monoisotopic (exact) mass is 240 g/mol. The van der Waals surface area contributed by atoms with Crippen molar-refractivity contribution < 1.29 is 18.0 Å². The number of primary amides is 1. The number of nitrogens with two attached hydrogens (primary N) is 1. The first-order valence-electron chi connectivity index (χ1n) is 5.18. The van der Waals surface area contributed by atoms with E-state index in [1.807, 2.05) is 13.8 Å². The zero-order valence-electron chi connectivity index (χ0n) is 9.82. The molecule has 0 aromatic heterocycles. The second kappa shape index (κ2) is 5.52. The van der Waals surface area contributed by atoms with Gasteiger partial charge in [-0.2, -0.15) is 13.2 Å². The van der Waals surface area contributed by atoms with E-state index in [0.29, 0.717) is 18.8 Å². The molecular weight excluding hydrogens is 221 g/mol. The highest BCUT2D eigenvalue weighted by atomic mass is 19.4. The van der Waals surface area contributed by atoms with Crippen LogP contribution in [0.2, 0.25) is 0 Å². The van der Waals surface area contributed by atoms with Crippen LogP contribution in [-0.4, -0.2) is 24.2 Å². The van der Waals surface area contributed by atoms with Crippen LogP contribution < -0.4 is 11.1 Å². The first-order valence-corrected chi connectivity index (χ1v) is 5.18. The molecular formula is C10H19F3N2O. The molecule has 96 valence electrons. The molecule has 0 fully saturated rings. The molecule has 3 nitrogen and oxygen atoms in total. The zero-order valence-corrected chi connectivity index (χ0v) is 9.82. The topological polar surface area (TPSA) is 55.1 Å². The van der Waals surface area contributed by atoms with Crippen molar-refractivity contribution >= 4 is 5.91 Å². The standard InChI is InChI=1S/C10H19F3N2O/c1-7(2)4-5-9(3,8(14)16)15-6-10(11,12)13/h7,15H,4-6H2,1-3H3,(H2,14,16). The van der Waals surface area contributed by atoms with Crippen molar-refractivity contribution in [2.75, 3.05) is 6.54 Å². The molecule has 0 aromatic rings. The normalized spacial score (nSPS) is 16.2. The maximum Gasteiger partial charge on any atom is 0.401 e. The molecule has 16 heavy (non-hydrogen) atoms. The van der Waals surface area contributed by atoms with Gasteiger partial charge in [0, 0.05) is 0 Å². The highest BCUT2D eigenvalue weighted by molar-refractivity contribution is 5.84. The van der Waals surface area contributed by atoms with Gasteiger partial charge < -0.3 is 5.73 Å². The van der Waals surface area contributed by atoms with Gasteiger partial charge in [-0.05, 0) is 25.7 Å². The van der Waals surface area contributed by atoms with E-state index < -0.39 is 24.2 Å². The second-order valence-electron chi connectivity index (χ2n) is 4.60. The van der Waals surface area contributed by atoms with Gasteiger partial charge in [0.05, 0.1) is 12.1 Å². The van der Waals surface area contributed by atoms with E-state index in [2.05, 4.69) is 5.32 Å². The number of carbonyl (C=O) groups is 1. The molecule has 3 N–H and O–H groups in total. The minimum atomic E-state index is -4.34. The SMILES string of the molecule is CC(C)CCC(C)(NCC(F)(F)F)C(N)=O. The lowest BCUT2D eigenvalue weighted by atomic mass is 9.91. The third-order valence-corrected chi connectivity index (χ3v) is 2.44. The number of alkyl halides is 3. The molecule has 0 aliphatic rings. The minimum Gasteiger partial charge on any atom is -0.368 e. The number of nitrogens with one attached hydrogen (secondary N) is 1. The fourth-order valence-electron chi connectivity index (χ4n) is 1.17. The highest BCUT2D eigenvalue weighted by Crippen LogP contribution is 2.19. The highest BCUT2D eigenvalue weighted by Gasteiger charge is 2.36. The Hall–Kier alpha value is -0.780. The van der Waals surface area contributed by atoms with Crippen molar-refractivity contribution in [3.8, 4) is 0 Å². The van der Waals surface area contributed by atoms with E-state index in [1.165, 1.54) is 6.92 Å². The van der Waals surface area contributed by atoms with Crippen LogP contribution in [0.4, 0.5) is 13.2 Å². The van der Waals surface area contributed by atoms with E-state index in [1.54, 1.807) is 0 Å². The van der Waals surface area contributed by atoms with Crippen LogP contribution >= 0.6 is 0 Å². The summed E-state index contributed by atoms with van der Waals surface area (Å²) in [6.45, 7) is 4.07. The summed E-state index contributed by atoms with van der Waals surface area (Å²) in [5, 5.41) is 2.19. The van der Waals surface area contributed by atoms with E-state index in [0.717, 1.165) is 0 Å². The van der Waals surface area contributed by atoms with Gasteiger partial charge >= 0.3 is 6.18 Å². The lowest BCUT2D eigenvalue weighted by Gasteiger charge is -2.28. The Morgan fingerprint density at radius 2 is 1.88 bits per heavy atom. The summed E-state index contributed by atoms with van der Waals surface area (Å²) in [6.07, 6.45) is -3.39. The maximum atomic E-state index is 12.0. The van der Waals surface area contributed by atoms with Crippen molar-refractivity contribution in [1.82, 2.24) is 5.32 Å². The molecule has 1 unspecified atom stereocenters. The molecule has 0 aliphatic carbocycles. The number of halogens is 3. The number of hydrogen-bond acceptors (Lipinski definition) is 2. The molecule has 0 aliphatic heterocycles. The zero-order chi connectivity index (χ0) is 13.0. The Balaban J connectivity index is 4.40. The largest absolute Gasteiger partial charge is 0.401 e. The van der Waals surface area contributed by atoms with Crippen molar-refractivity contribution in [3.05, 3.63) is 0 Å². The Labute approximate surface area is 93.6 Å². The van der Waals surface area contributed by atoms with Crippen LogP contribution in [-0.2, 0) is 4.79 Å². The first kappa shape index (κ1) is 15.2. The van der Waals surface area contributed by atoms with Crippen LogP contribution in [0, 0.1) is 5.92 Å². The quantitative estimate of drug-likeness (QED) is 0.744. The third kappa shape index (κ3) is 5.95. The van der Waals surface area contributed by atoms with Crippen molar-refractivity contribution in [2.45, 2.75) is 45.3 Å². The summed E-state index contributed by atoms with van der Waals surface area (Å²) in [5.74, 6) is -0.441. The average Bonchev–Trinajstić information content (AvgIpc) is 2.10. The Bertz CT molecular complexity index is 241. The van der Waals surface area contributed by atoms with Crippen molar-refractivity contribution in [3.63, 3.8) is 0 Å². The Morgan fingerprint density at radius 1 is 1.38 bits per heavy atom. The van der Waals surface area contributed by atoms with Crippen molar-refractivity contribution in [2.24, 2.45) is 11.7 Å². The molecule has 0 saturated carbocycles. The average molecular weight is 240 g/mol.